The van der Waals surface area contributed by atoms with Gasteiger partial charge >= 0.3 is 0 Å². The molecule has 58 heavy (non-hydrogen) atoms. The van der Waals surface area contributed by atoms with Crippen LogP contribution in [0.3, 0.4) is 0 Å². The zero-order chi connectivity index (χ0) is 38.4. The van der Waals surface area contributed by atoms with E-state index < -0.39 is 0 Å². The standard InChI is InChI=1S/C56H38N2/c1-3-17-41(18-4-1)52-37-44(48-27-15-21-40-19-9-10-24-47(40)48)32-35-55(52)58(53-28-13-11-25-49(53)43-31-30-39-16-7-8-20-42(39)36-43)46-33-34-51-50-26-12-14-29-54(50)57(56(51)38-46)45-22-5-2-6-23-45/h1-38H. The van der Waals surface area contributed by atoms with E-state index in [1.807, 2.05) is 0 Å². The SMILES string of the molecule is c1ccc(-c2cc(-c3cccc4ccccc34)ccc2N(c2ccc3c4ccccc4n(-c4ccccc4)c3c2)c2ccccc2-c2ccc3ccccc3c2)cc1. The summed E-state index contributed by atoms with van der Waals surface area (Å²) >= 11 is 0. The monoisotopic (exact) mass is 738 g/mol. The molecule has 0 saturated heterocycles. The minimum absolute atomic E-state index is 1.08. The number of anilines is 3. The van der Waals surface area contributed by atoms with Crippen molar-refractivity contribution in [3.8, 4) is 39.1 Å². The fraction of sp³-hybridized carbons (Fsp3) is 0. The van der Waals surface area contributed by atoms with Crippen LogP contribution >= 0.6 is 0 Å². The summed E-state index contributed by atoms with van der Waals surface area (Å²) in [4.78, 5) is 2.48. The van der Waals surface area contributed by atoms with Crippen LogP contribution < -0.4 is 4.90 Å². The first-order valence-electron chi connectivity index (χ1n) is 19.9. The van der Waals surface area contributed by atoms with Gasteiger partial charge in [-0.2, -0.15) is 0 Å². The molecule has 0 bridgehead atoms. The highest BCUT2D eigenvalue weighted by molar-refractivity contribution is 6.11. The molecule has 272 valence electrons. The average Bonchev–Trinajstić information content (AvgIpc) is 3.63. The van der Waals surface area contributed by atoms with E-state index in [9.17, 15) is 0 Å². The van der Waals surface area contributed by atoms with Gasteiger partial charge in [0.25, 0.3) is 0 Å². The maximum Gasteiger partial charge on any atom is 0.0561 e. The molecule has 10 aromatic carbocycles. The predicted octanol–water partition coefficient (Wildman–Crippen LogP) is 15.6. The quantitative estimate of drug-likeness (QED) is 0.158. The van der Waals surface area contributed by atoms with Crippen molar-refractivity contribution in [2.75, 3.05) is 4.90 Å². The molecule has 0 spiro atoms. The van der Waals surface area contributed by atoms with Crippen LogP contribution in [0, 0.1) is 0 Å². The lowest BCUT2D eigenvalue weighted by Gasteiger charge is -2.30. The third-order valence-electron chi connectivity index (χ3n) is 11.6. The molecule has 0 radical (unpaired) electrons. The summed E-state index contributed by atoms with van der Waals surface area (Å²) < 4.78 is 2.41. The van der Waals surface area contributed by atoms with Crippen LogP contribution in [0.1, 0.15) is 0 Å². The Morgan fingerprint density at radius 2 is 0.897 bits per heavy atom. The summed E-state index contributed by atoms with van der Waals surface area (Å²) in [6, 6.07) is 83.9. The van der Waals surface area contributed by atoms with E-state index in [0.29, 0.717) is 0 Å². The van der Waals surface area contributed by atoms with E-state index in [1.165, 1.54) is 54.5 Å². The highest BCUT2D eigenvalue weighted by Gasteiger charge is 2.23. The molecule has 0 atom stereocenters. The van der Waals surface area contributed by atoms with Gasteiger partial charge in [-0.25, -0.2) is 0 Å². The Hall–Kier alpha value is -7.68. The van der Waals surface area contributed by atoms with Crippen LogP contribution in [0.15, 0.2) is 231 Å². The van der Waals surface area contributed by atoms with Gasteiger partial charge in [0, 0.05) is 33.3 Å². The summed E-state index contributed by atoms with van der Waals surface area (Å²) in [5, 5.41) is 7.39. The highest BCUT2D eigenvalue weighted by atomic mass is 15.1. The van der Waals surface area contributed by atoms with Crippen LogP contribution in [-0.2, 0) is 0 Å². The third kappa shape index (κ3) is 5.74. The first-order chi connectivity index (χ1) is 28.8. The van der Waals surface area contributed by atoms with E-state index in [0.717, 1.165) is 45.0 Å². The second-order valence-electron chi connectivity index (χ2n) is 14.9. The van der Waals surface area contributed by atoms with Gasteiger partial charge in [-0.05, 0) is 98.4 Å². The molecule has 0 unspecified atom stereocenters. The number of nitrogens with zero attached hydrogens (tertiary/aromatic N) is 2. The zero-order valence-corrected chi connectivity index (χ0v) is 31.8. The molecule has 11 rings (SSSR count). The van der Waals surface area contributed by atoms with Crippen LogP contribution in [0.4, 0.5) is 17.1 Å². The summed E-state index contributed by atoms with van der Waals surface area (Å²) in [5.74, 6) is 0. The van der Waals surface area contributed by atoms with Gasteiger partial charge in [0.1, 0.15) is 0 Å². The molecule has 0 N–H and O–H groups in total. The minimum Gasteiger partial charge on any atom is -0.309 e. The van der Waals surface area contributed by atoms with Gasteiger partial charge < -0.3 is 9.47 Å². The summed E-state index contributed by atoms with van der Waals surface area (Å²) in [7, 11) is 0. The molecule has 0 saturated carbocycles. The highest BCUT2D eigenvalue weighted by Crippen LogP contribution is 2.47. The summed E-state index contributed by atoms with van der Waals surface area (Å²) in [6.07, 6.45) is 0. The summed E-state index contributed by atoms with van der Waals surface area (Å²) in [5.41, 5.74) is 13.8. The third-order valence-corrected chi connectivity index (χ3v) is 11.6. The van der Waals surface area contributed by atoms with Gasteiger partial charge in [-0.1, -0.05) is 176 Å². The van der Waals surface area contributed by atoms with Crippen molar-refractivity contribution in [1.82, 2.24) is 4.57 Å². The zero-order valence-electron chi connectivity index (χ0n) is 31.8. The molecule has 2 nitrogen and oxygen atoms in total. The first kappa shape index (κ1) is 33.6. The largest absolute Gasteiger partial charge is 0.309 e. The Balaban J connectivity index is 1.21. The van der Waals surface area contributed by atoms with E-state index in [1.54, 1.807) is 0 Å². The molecule has 1 heterocycles. The van der Waals surface area contributed by atoms with Crippen LogP contribution in [0.5, 0.6) is 0 Å². The number of rotatable bonds is 7. The van der Waals surface area contributed by atoms with Crippen molar-refractivity contribution in [3.05, 3.63) is 231 Å². The van der Waals surface area contributed by atoms with Gasteiger partial charge in [0.2, 0.25) is 0 Å². The fourth-order valence-electron chi connectivity index (χ4n) is 8.86. The lowest BCUT2D eigenvalue weighted by atomic mass is 9.93. The predicted molar refractivity (Wildman–Crippen MR) is 247 cm³/mol. The number of hydrogen-bond donors (Lipinski definition) is 0. The van der Waals surface area contributed by atoms with E-state index in [2.05, 4.69) is 240 Å². The lowest BCUT2D eigenvalue weighted by molar-refractivity contribution is 1.18. The van der Waals surface area contributed by atoms with Gasteiger partial charge in [-0.15, -0.1) is 0 Å². The van der Waals surface area contributed by atoms with Crippen molar-refractivity contribution in [3.63, 3.8) is 0 Å². The van der Waals surface area contributed by atoms with Crippen molar-refractivity contribution >= 4 is 60.4 Å². The Morgan fingerprint density at radius 1 is 0.293 bits per heavy atom. The Bertz CT molecular complexity index is 3280. The normalized spacial score (nSPS) is 11.4. The number of aromatic nitrogens is 1. The van der Waals surface area contributed by atoms with Crippen molar-refractivity contribution in [1.29, 1.82) is 0 Å². The topological polar surface area (TPSA) is 8.17 Å². The Labute approximate surface area is 338 Å². The maximum atomic E-state index is 2.48. The number of hydrogen-bond acceptors (Lipinski definition) is 1. The second kappa shape index (κ2) is 14.1. The lowest BCUT2D eigenvalue weighted by Crippen LogP contribution is -2.13. The maximum absolute atomic E-state index is 2.48. The van der Waals surface area contributed by atoms with Gasteiger partial charge in [0.15, 0.2) is 0 Å². The Kier molecular flexibility index (Phi) is 8.19. The molecule has 11 aromatic rings. The Morgan fingerprint density at radius 3 is 1.76 bits per heavy atom. The minimum atomic E-state index is 1.08. The van der Waals surface area contributed by atoms with Gasteiger partial charge in [-0.3, -0.25) is 0 Å². The van der Waals surface area contributed by atoms with Crippen LogP contribution in [-0.4, -0.2) is 4.57 Å². The smallest absolute Gasteiger partial charge is 0.0561 e. The van der Waals surface area contributed by atoms with Crippen LogP contribution in [0.2, 0.25) is 0 Å². The van der Waals surface area contributed by atoms with E-state index in [-0.39, 0.29) is 0 Å². The molecular formula is C56H38N2. The molecular weight excluding hydrogens is 701 g/mol. The molecule has 1 aromatic heterocycles. The molecule has 0 fully saturated rings. The molecule has 0 aliphatic rings. The number of para-hydroxylation sites is 3. The van der Waals surface area contributed by atoms with Crippen LogP contribution in [0.25, 0.3) is 82.4 Å². The molecule has 0 aliphatic heterocycles. The van der Waals surface area contributed by atoms with Crippen molar-refractivity contribution in [2.45, 2.75) is 0 Å². The molecule has 0 aliphatic carbocycles. The van der Waals surface area contributed by atoms with E-state index in [4.69, 9.17) is 0 Å². The number of fused-ring (bicyclic) bond motifs is 5. The second-order valence-corrected chi connectivity index (χ2v) is 14.9. The van der Waals surface area contributed by atoms with Gasteiger partial charge in [0.05, 0.1) is 22.4 Å². The number of benzene rings is 10. The van der Waals surface area contributed by atoms with E-state index >= 15 is 0 Å². The molecule has 0 amide bonds. The van der Waals surface area contributed by atoms with Crippen molar-refractivity contribution < 1.29 is 0 Å². The first-order valence-corrected chi connectivity index (χ1v) is 19.9. The summed E-state index contributed by atoms with van der Waals surface area (Å²) in [6.45, 7) is 0. The van der Waals surface area contributed by atoms with Crippen molar-refractivity contribution in [2.24, 2.45) is 0 Å². The average molecular weight is 739 g/mol. The molecule has 2 heteroatoms. The fourth-order valence-corrected chi connectivity index (χ4v) is 8.86.